The lowest BCUT2D eigenvalue weighted by atomic mass is 9.67. The maximum absolute atomic E-state index is 11.2. The molecule has 0 spiro atoms. The van der Waals surface area contributed by atoms with E-state index in [0.29, 0.717) is 17.9 Å². The fourth-order valence-corrected chi connectivity index (χ4v) is 2.25. The van der Waals surface area contributed by atoms with Gasteiger partial charge in [-0.1, -0.05) is 0 Å². The SMILES string of the molecule is CNC(=O)N1CC2CC(C1)C2N. The third-order valence-electron chi connectivity index (χ3n) is 3.11. The van der Waals surface area contributed by atoms with Crippen LogP contribution < -0.4 is 11.1 Å². The second-order valence-corrected chi connectivity index (χ2v) is 3.79. The number of fused-ring (bicyclic) bond motifs is 2. The lowest BCUT2D eigenvalue weighted by Crippen LogP contribution is -2.63. The first kappa shape index (κ1) is 7.86. The predicted octanol–water partition coefficient (Wildman–Crippen LogP) is -0.395. The number of urea groups is 1. The molecule has 1 aliphatic carbocycles. The van der Waals surface area contributed by atoms with Crippen LogP contribution in [0.15, 0.2) is 0 Å². The predicted molar refractivity (Wildman–Crippen MR) is 45.6 cm³/mol. The molecular formula is C8H15N3O. The number of hydrogen-bond donors (Lipinski definition) is 2. The summed E-state index contributed by atoms with van der Waals surface area (Å²) in [5.74, 6) is 1.11. The Morgan fingerprint density at radius 1 is 1.50 bits per heavy atom. The average molecular weight is 169 g/mol. The molecule has 2 heterocycles. The van der Waals surface area contributed by atoms with Gasteiger partial charge in [0.1, 0.15) is 0 Å². The van der Waals surface area contributed by atoms with E-state index in [1.807, 2.05) is 4.90 Å². The lowest BCUT2D eigenvalue weighted by molar-refractivity contribution is 0.0238. The van der Waals surface area contributed by atoms with Crippen LogP contribution >= 0.6 is 0 Å². The van der Waals surface area contributed by atoms with E-state index < -0.39 is 0 Å². The highest BCUT2D eigenvalue weighted by atomic mass is 16.2. The van der Waals surface area contributed by atoms with Crippen LogP contribution in [0.4, 0.5) is 4.79 Å². The van der Waals surface area contributed by atoms with Gasteiger partial charge in [-0.05, 0) is 18.3 Å². The van der Waals surface area contributed by atoms with Crippen molar-refractivity contribution in [3.63, 3.8) is 0 Å². The summed E-state index contributed by atoms with van der Waals surface area (Å²) in [5, 5.41) is 2.64. The number of amides is 2. The zero-order valence-corrected chi connectivity index (χ0v) is 7.29. The largest absolute Gasteiger partial charge is 0.341 e. The first-order chi connectivity index (χ1) is 5.72. The molecule has 2 atom stereocenters. The molecule has 12 heavy (non-hydrogen) atoms. The number of piperidine rings is 2. The molecule has 4 heteroatoms. The molecule has 2 saturated heterocycles. The summed E-state index contributed by atoms with van der Waals surface area (Å²) in [5.41, 5.74) is 5.87. The third-order valence-corrected chi connectivity index (χ3v) is 3.11. The maximum atomic E-state index is 11.2. The Morgan fingerprint density at radius 2 is 2.08 bits per heavy atom. The van der Waals surface area contributed by atoms with Gasteiger partial charge in [-0.3, -0.25) is 0 Å². The molecule has 0 aromatic heterocycles. The Balaban J connectivity index is 1.94. The van der Waals surface area contributed by atoms with Crippen LogP contribution in [0, 0.1) is 11.8 Å². The van der Waals surface area contributed by atoms with Crippen molar-refractivity contribution < 1.29 is 4.79 Å². The molecule has 2 aliphatic heterocycles. The average Bonchev–Trinajstić information content (AvgIpc) is 2.16. The van der Waals surface area contributed by atoms with E-state index in [1.165, 1.54) is 6.42 Å². The van der Waals surface area contributed by atoms with Crippen molar-refractivity contribution in [1.82, 2.24) is 10.2 Å². The van der Waals surface area contributed by atoms with E-state index in [0.717, 1.165) is 13.1 Å². The third kappa shape index (κ3) is 0.982. The van der Waals surface area contributed by atoms with Crippen molar-refractivity contribution in [3.8, 4) is 0 Å². The lowest BCUT2D eigenvalue weighted by Gasteiger charge is -2.51. The number of nitrogens with one attached hydrogen (secondary N) is 1. The van der Waals surface area contributed by atoms with Crippen LogP contribution in [0.2, 0.25) is 0 Å². The van der Waals surface area contributed by atoms with E-state index >= 15 is 0 Å². The highest BCUT2D eigenvalue weighted by Gasteiger charge is 2.45. The number of carbonyl (C=O) groups excluding carboxylic acids is 1. The van der Waals surface area contributed by atoms with Gasteiger partial charge in [-0.2, -0.15) is 0 Å². The second kappa shape index (κ2) is 2.62. The zero-order valence-electron chi connectivity index (χ0n) is 7.29. The summed E-state index contributed by atoms with van der Waals surface area (Å²) in [6, 6.07) is 0.391. The molecule has 0 aromatic carbocycles. The van der Waals surface area contributed by atoms with Crippen LogP contribution in [0.5, 0.6) is 0 Å². The highest BCUT2D eigenvalue weighted by Crippen LogP contribution is 2.38. The highest BCUT2D eigenvalue weighted by molar-refractivity contribution is 5.74. The molecule has 3 N–H and O–H groups in total. The minimum absolute atomic E-state index is 0.0385. The minimum atomic E-state index is 0.0385. The van der Waals surface area contributed by atoms with E-state index in [1.54, 1.807) is 7.05 Å². The zero-order chi connectivity index (χ0) is 8.72. The van der Waals surface area contributed by atoms with Crippen molar-refractivity contribution in [3.05, 3.63) is 0 Å². The van der Waals surface area contributed by atoms with Crippen LogP contribution in [0.3, 0.4) is 0 Å². The molecule has 2 bridgehead atoms. The van der Waals surface area contributed by atoms with Gasteiger partial charge in [-0.15, -0.1) is 0 Å². The topological polar surface area (TPSA) is 58.4 Å². The smallest absolute Gasteiger partial charge is 0.317 e. The van der Waals surface area contributed by atoms with Gasteiger partial charge in [0, 0.05) is 26.2 Å². The van der Waals surface area contributed by atoms with Crippen LogP contribution in [-0.2, 0) is 0 Å². The number of hydrogen-bond acceptors (Lipinski definition) is 2. The van der Waals surface area contributed by atoms with Gasteiger partial charge in [0.25, 0.3) is 0 Å². The van der Waals surface area contributed by atoms with Crippen molar-refractivity contribution in [1.29, 1.82) is 0 Å². The Labute approximate surface area is 72.1 Å². The Morgan fingerprint density at radius 3 is 2.50 bits per heavy atom. The second-order valence-electron chi connectivity index (χ2n) is 3.79. The quantitative estimate of drug-likeness (QED) is 0.518. The van der Waals surface area contributed by atoms with E-state index in [-0.39, 0.29) is 6.03 Å². The van der Waals surface area contributed by atoms with E-state index in [2.05, 4.69) is 5.32 Å². The summed E-state index contributed by atoms with van der Waals surface area (Å²) in [6.07, 6.45) is 1.22. The molecule has 0 radical (unpaired) electrons. The first-order valence-corrected chi connectivity index (χ1v) is 4.44. The Hall–Kier alpha value is -0.770. The Kier molecular flexibility index (Phi) is 1.72. The van der Waals surface area contributed by atoms with Crippen LogP contribution in [0.1, 0.15) is 6.42 Å². The fourth-order valence-electron chi connectivity index (χ4n) is 2.25. The van der Waals surface area contributed by atoms with Gasteiger partial charge in [0.15, 0.2) is 0 Å². The summed E-state index contributed by atoms with van der Waals surface area (Å²) in [7, 11) is 1.67. The van der Waals surface area contributed by atoms with Crippen molar-refractivity contribution in [2.45, 2.75) is 12.5 Å². The molecule has 68 valence electrons. The van der Waals surface area contributed by atoms with Crippen molar-refractivity contribution >= 4 is 6.03 Å². The van der Waals surface area contributed by atoms with E-state index in [9.17, 15) is 4.79 Å². The van der Waals surface area contributed by atoms with E-state index in [4.69, 9.17) is 5.73 Å². The van der Waals surface area contributed by atoms with Gasteiger partial charge >= 0.3 is 6.03 Å². The number of carbonyl (C=O) groups is 1. The molecule has 1 saturated carbocycles. The van der Waals surface area contributed by atoms with Gasteiger partial charge in [0.05, 0.1) is 0 Å². The molecule has 2 amide bonds. The number of nitrogens with zero attached hydrogens (tertiary/aromatic N) is 1. The van der Waals surface area contributed by atoms with Crippen LogP contribution in [0.25, 0.3) is 0 Å². The number of rotatable bonds is 0. The van der Waals surface area contributed by atoms with Gasteiger partial charge in [0.2, 0.25) is 0 Å². The summed E-state index contributed by atoms with van der Waals surface area (Å²) >= 11 is 0. The molecular weight excluding hydrogens is 154 g/mol. The molecule has 4 nitrogen and oxygen atoms in total. The number of nitrogens with two attached hydrogens (primary N) is 1. The monoisotopic (exact) mass is 169 g/mol. The first-order valence-electron chi connectivity index (χ1n) is 4.44. The van der Waals surface area contributed by atoms with Crippen molar-refractivity contribution in [2.75, 3.05) is 20.1 Å². The molecule has 3 fully saturated rings. The fraction of sp³-hybridized carbons (Fsp3) is 0.875. The molecule has 3 rings (SSSR count). The van der Waals surface area contributed by atoms with Gasteiger partial charge in [-0.25, -0.2) is 4.79 Å². The Bertz CT molecular complexity index is 194. The summed E-state index contributed by atoms with van der Waals surface area (Å²) in [6.45, 7) is 1.69. The summed E-state index contributed by atoms with van der Waals surface area (Å²) < 4.78 is 0. The van der Waals surface area contributed by atoms with Gasteiger partial charge < -0.3 is 16.0 Å². The van der Waals surface area contributed by atoms with Crippen LogP contribution in [-0.4, -0.2) is 37.1 Å². The molecule has 2 unspecified atom stereocenters. The molecule has 3 aliphatic rings. The normalized spacial score (nSPS) is 38.8. The summed E-state index contributed by atoms with van der Waals surface area (Å²) in [4.78, 5) is 13.1. The maximum Gasteiger partial charge on any atom is 0.317 e. The molecule has 0 aromatic rings. The standard InChI is InChI=1S/C8H15N3O/c1-10-8(12)11-3-5-2-6(4-11)7(5)9/h5-7H,2-4,9H2,1H3,(H,10,12). The minimum Gasteiger partial charge on any atom is -0.341 e. The van der Waals surface area contributed by atoms with Crippen molar-refractivity contribution in [2.24, 2.45) is 17.6 Å².